The van der Waals surface area contributed by atoms with Gasteiger partial charge in [0.1, 0.15) is 0 Å². The molecule has 0 heterocycles. The van der Waals surface area contributed by atoms with Crippen molar-refractivity contribution >= 4 is 0 Å². The Morgan fingerprint density at radius 3 is 2.41 bits per heavy atom. The van der Waals surface area contributed by atoms with E-state index in [9.17, 15) is 0 Å². The van der Waals surface area contributed by atoms with E-state index in [0.717, 1.165) is 12.8 Å². The molecule has 17 heavy (non-hydrogen) atoms. The molecule has 0 aliphatic heterocycles. The van der Waals surface area contributed by atoms with Crippen molar-refractivity contribution in [2.24, 2.45) is 0 Å². The number of allylic oxidation sites excluding steroid dienone is 4. The molecule has 0 bridgehead atoms. The fraction of sp³-hybridized carbons (Fsp3) is 0.353. The zero-order valence-electron chi connectivity index (χ0n) is 11.3. The summed E-state index contributed by atoms with van der Waals surface area (Å²) in [5.74, 6) is 0. The average molecular weight is 225 g/mol. The van der Waals surface area contributed by atoms with E-state index in [1.165, 1.54) is 33.4 Å². The minimum absolute atomic E-state index is 1.09. The van der Waals surface area contributed by atoms with E-state index in [4.69, 9.17) is 0 Å². The smallest absolute Gasteiger partial charge is 0.00799 e. The van der Waals surface area contributed by atoms with E-state index in [1.807, 2.05) is 0 Å². The Morgan fingerprint density at radius 1 is 1.00 bits per heavy atom. The second-order valence-corrected chi connectivity index (χ2v) is 5.23. The van der Waals surface area contributed by atoms with Gasteiger partial charge in [-0.1, -0.05) is 41.0 Å². The van der Waals surface area contributed by atoms with Gasteiger partial charge < -0.3 is 0 Å². The Morgan fingerprint density at radius 2 is 1.76 bits per heavy atom. The summed E-state index contributed by atoms with van der Waals surface area (Å²) < 4.78 is 0. The molecule has 0 fully saturated rings. The topological polar surface area (TPSA) is 0 Å². The van der Waals surface area contributed by atoms with Crippen LogP contribution in [0.4, 0.5) is 0 Å². The van der Waals surface area contributed by atoms with Gasteiger partial charge in [0.25, 0.3) is 0 Å². The van der Waals surface area contributed by atoms with Crippen molar-refractivity contribution in [1.29, 1.82) is 0 Å². The summed E-state index contributed by atoms with van der Waals surface area (Å²) in [4.78, 5) is 0. The quantitative estimate of drug-likeness (QED) is 0.683. The van der Waals surface area contributed by atoms with Crippen molar-refractivity contribution in [2.75, 3.05) is 0 Å². The summed E-state index contributed by atoms with van der Waals surface area (Å²) >= 11 is 0. The van der Waals surface area contributed by atoms with Gasteiger partial charge in [-0.15, -0.1) is 0 Å². The average Bonchev–Trinajstić information content (AvgIpc) is 2.29. The van der Waals surface area contributed by atoms with Gasteiger partial charge in [-0.2, -0.15) is 0 Å². The van der Waals surface area contributed by atoms with Crippen molar-refractivity contribution in [3.63, 3.8) is 0 Å². The van der Waals surface area contributed by atoms with E-state index in [0.29, 0.717) is 0 Å². The number of hydrogen-bond donors (Lipinski definition) is 0. The largest absolute Gasteiger partial charge is 0.0766 e. The number of benzene rings is 1. The van der Waals surface area contributed by atoms with Gasteiger partial charge in [-0.25, -0.2) is 0 Å². The monoisotopic (exact) mass is 225 g/mol. The predicted octanol–water partition coefficient (Wildman–Crippen LogP) is 4.72. The van der Waals surface area contributed by atoms with Crippen molar-refractivity contribution in [3.05, 3.63) is 64.1 Å². The first-order valence-corrected chi connectivity index (χ1v) is 6.31. The third-order valence-electron chi connectivity index (χ3n) is 3.74. The molecule has 0 amide bonds. The maximum atomic E-state index is 2.32. The summed E-state index contributed by atoms with van der Waals surface area (Å²) in [6.45, 7) is 8.79. The van der Waals surface area contributed by atoms with Gasteiger partial charge in [0.05, 0.1) is 0 Å². The molecule has 0 atom stereocenters. The molecule has 0 N–H and O–H groups in total. The molecule has 0 nitrogen and oxygen atoms in total. The molecule has 0 spiro atoms. The molecule has 1 aromatic carbocycles. The van der Waals surface area contributed by atoms with Gasteiger partial charge in [-0.05, 0) is 57.2 Å². The molecule has 1 aromatic rings. The van der Waals surface area contributed by atoms with Gasteiger partial charge in [-0.3, -0.25) is 0 Å². The van der Waals surface area contributed by atoms with Crippen LogP contribution in [-0.4, -0.2) is 0 Å². The molecule has 0 aromatic heterocycles. The number of hydrogen-bond acceptors (Lipinski definition) is 0. The lowest BCUT2D eigenvalue weighted by Gasteiger charge is -2.16. The summed E-state index contributed by atoms with van der Waals surface area (Å²) in [7, 11) is 0. The molecule has 0 heteroatoms. The fourth-order valence-electron chi connectivity index (χ4n) is 2.22. The first-order valence-electron chi connectivity index (χ1n) is 6.31. The van der Waals surface area contributed by atoms with Crippen LogP contribution in [0.15, 0.2) is 41.0 Å². The fourth-order valence-corrected chi connectivity index (χ4v) is 2.22. The lowest BCUT2D eigenvalue weighted by atomic mass is 9.89. The Balaban J connectivity index is 2.10. The Bertz CT molecular complexity index is 487. The Kier molecular flexibility index (Phi) is 3.51. The summed E-state index contributed by atoms with van der Waals surface area (Å²) in [6, 6.07) is 6.80. The van der Waals surface area contributed by atoms with E-state index in [-0.39, 0.29) is 0 Å². The lowest BCUT2D eigenvalue weighted by molar-refractivity contribution is 0.971. The molecule has 0 unspecified atom stereocenters. The van der Waals surface area contributed by atoms with Crippen LogP contribution in [0.5, 0.6) is 0 Å². The van der Waals surface area contributed by atoms with Gasteiger partial charge in [0.15, 0.2) is 0 Å². The molecular weight excluding hydrogens is 204 g/mol. The first-order chi connectivity index (χ1) is 8.06. The minimum atomic E-state index is 1.09. The molecule has 1 radical (unpaired) electrons. The maximum Gasteiger partial charge on any atom is 0.00799 e. The molecule has 1 aliphatic carbocycles. The highest BCUT2D eigenvalue weighted by molar-refractivity contribution is 5.39. The van der Waals surface area contributed by atoms with Crippen LogP contribution in [0.3, 0.4) is 0 Å². The van der Waals surface area contributed by atoms with Crippen LogP contribution in [-0.2, 0) is 6.42 Å². The maximum absolute atomic E-state index is 2.32. The second kappa shape index (κ2) is 4.91. The van der Waals surface area contributed by atoms with Gasteiger partial charge in [0, 0.05) is 6.42 Å². The van der Waals surface area contributed by atoms with E-state index < -0.39 is 0 Å². The standard InChI is InChI=1S/C17H21/c1-12-5-7-16(9-14(12)3)11-17-8-6-13(2)15(4)10-17/h5-9H,10-11H2,1-4H3. The van der Waals surface area contributed by atoms with Crippen LogP contribution >= 0.6 is 0 Å². The highest BCUT2D eigenvalue weighted by Gasteiger charge is 2.09. The van der Waals surface area contributed by atoms with E-state index >= 15 is 0 Å². The molecule has 1 aliphatic rings. The highest BCUT2D eigenvalue weighted by Crippen LogP contribution is 2.26. The third-order valence-corrected chi connectivity index (χ3v) is 3.74. The predicted molar refractivity (Wildman–Crippen MR) is 75.0 cm³/mol. The van der Waals surface area contributed by atoms with Crippen LogP contribution in [0.1, 0.15) is 37.0 Å². The zero-order valence-corrected chi connectivity index (χ0v) is 11.3. The molecule has 89 valence electrons. The van der Waals surface area contributed by atoms with Crippen molar-refractivity contribution in [2.45, 2.75) is 40.5 Å². The van der Waals surface area contributed by atoms with Crippen LogP contribution in [0.2, 0.25) is 0 Å². The third kappa shape index (κ3) is 2.88. The van der Waals surface area contributed by atoms with Crippen molar-refractivity contribution < 1.29 is 0 Å². The summed E-state index contributed by atoms with van der Waals surface area (Å²) in [5.41, 5.74) is 8.66. The molecular formula is C17H21. The summed E-state index contributed by atoms with van der Waals surface area (Å²) in [5, 5.41) is 0. The Hall–Kier alpha value is -1.30. The molecule has 0 saturated heterocycles. The van der Waals surface area contributed by atoms with Crippen molar-refractivity contribution in [1.82, 2.24) is 0 Å². The Labute approximate surface area is 105 Å². The molecule has 0 saturated carbocycles. The molecule has 2 rings (SSSR count). The van der Waals surface area contributed by atoms with Crippen molar-refractivity contribution in [3.8, 4) is 0 Å². The summed E-state index contributed by atoms with van der Waals surface area (Å²) in [6.07, 6.45) is 6.75. The SMILES string of the molecule is CC1=C(C)CC(Cc2ccc(C)c(C)c2)=C[CH]1. The number of aryl methyl sites for hydroxylation is 2. The van der Waals surface area contributed by atoms with Crippen LogP contribution in [0.25, 0.3) is 0 Å². The van der Waals surface area contributed by atoms with Crippen LogP contribution < -0.4 is 0 Å². The normalized spacial score (nSPS) is 16.1. The lowest BCUT2D eigenvalue weighted by Crippen LogP contribution is -2.00. The number of rotatable bonds is 2. The second-order valence-electron chi connectivity index (χ2n) is 5.23. The van der Waals surface area contributed by atoms with Gasteiger partial charge >= 0.3 is 0 Å². The van der Waals surface area contributed by atoms with E-state index in [1.54, 1.807) is 0 Å². The zero-order chi connectivity index (χ0) is 12.4. The highest BCUT2D eigenvalue weighted by atomic mass is 14.1. The minimum Gasteiger partial charge on any atom is -0.0766 e. The van der Waals surface area contributed by atoms with E-state index in [2.05, 4.69) is 58.4 Å². The van der Waals surface area contributed by atoms with Gasteiger partial charge in [0.2, 0.25) is 0 Å². The first kappa shape index (κ1) is 12.2. The van der Waals surface area contributed by atoms with Crippen LogP contribution in [0, 0.1) is 20.3 Å².